The first-order valence-corrected chi connectivity index (χ1v) is 11.1. The molecule has 6 N–H and O–H groups in total. The summed E-state index contributed by atoms with van der Waals surface area (Å²) in [5, 5.41) is 24.3. The van der Waals surface area contributed by atoms with Crippen LogP contribution in [0.15, 0.2) is 17.1 Å². The highest BCUT2D eigenvalue weighted by Gasteiger charge is 2.31. The molecule has 1 aromatic heterocycles. The number of fused-ring (bicyclic) bond motifs is 1. The molecule has 9 nitrogen and oxygen atoms in total. The van der Waals surface area contributed by atoms with Gasteiger partial charge in [-0.25, -0.2) is 9.98 Å². The summed E-state index contributed by atoms with van der Waals surface area (Å²) in [4.78, 5) is 11.6. The number of guanidine groups is 1. The van der Waals surface area contributed by atoms with Crippen molar-refractivity contribution in [2.75, 3.05) is 29.9 Å². The van der Waals surface area contributed by atoms with Gasteiger partial charge < -0.3 is 16.8 Å². The third-order valence-corrected chi connectivity index (χ3v) is 6.62. The highest BCUT2D eigenvalue weighted by molar-refractivity contribution is 5.98. The number of nitriles is 2. The van der Waals surface area contributed by atoms with E-state index in [9.17, 15) is 5.26 Å². The summed E-state index contributed by atoms with van der Waals surface area (Å²) in [7, 11) is 0. The van der Waals surface area contributed by atoms with Crippen molar-refractivity contribution in [1.82, 2.24) is 15.2 Å². The third kappa shape index (κ3) is 4.28. The fraction of sp³-hybridized carbons (Fsp3) is 0.417. The first-order chi connectivity index (χ1) is 15.8. The van der Waals surface area contributed by atoms with Gasteiger partial charge >= 0.3 is 0 Å². The average Bonchev–Trinajstić information content (AvgIpc) is 2.77. The minimum Gasteiger partial charge on any atom is -0.397 e. The Morgan fingerprint density at radius 2 is 1.94 bits per heavy atom. The number of nitrogen functional groups attached to an aromatic ring is 2. The predicted molar refractivity (Wildman–Crippen MR) is 129 cm³/mol. The number of anilines is 3. The fourth-order valence-electron chi connectivity index (χ4n) is 4.68. The van der Waals surface area contributed by atoms with Crippen LogP contribution in [0.1, 0.15) is 59.2 Å². The number of aliphatic imine (C=N–C) groups is 1. The average molecular weight is 444 g/mol. The zero-order valence-electron chi connectivity index (χ0n) is 19.2. The topological polar surface area (TPSA) is 152 Å². The molecule has 0 saturated carbocycles. The van der Waals surface area contributed by atoms with Crippen LogP contribution in [-0.4, -0.2) is 28.9 Å². The highest BCUT2D eigenvalue weighted by Crippen LogP contribution is 2.42. The zero-order valence-corrected chi connectivity index (χ0v) is 19.2. The maximum atomic E-state index is 9.57. The second-order valence-electron chi connectivity index (χ2n) is 9.00. The zero-order chi connectivity index (χ0) is 23.7. The number of nitrogens with zero attached hydrogens (tertiary/aromatic N) is 5. The van der Waals surface area contributed by atoms with Crippen molar-refractivity contribution in [3.05, 3.63) is 45.5 Å². The van der Waals surface area contributed by atoms with Gasteiger partial charge in [0.1, 0.15) is 29.3 Å². The van der Waals surface area contributed by atoms with Crippen LogP contribution in [-0.2, 0) is 6.54 Å². The Morgan fingerprint density at radius 3 is 2.61 bits per heavy atom. The normalized spacial score (nSPS) is 18.5. The molecule has 0 radical (unpaired) electrons. The maximum absolute atomic E-state index is 9.57. The van der Waals surface area contributed by atoms with Crippen LogP contribution >= 0.6 is 0 Å². The van der Waals surface area contributed by atoms with E-state index in [-0.39, 0.29) is 23.0 Å². The summed E-state index contributed by atoms with van der Waals surface area (Å²) in [5.41, 5.74) is 17.8. The minimum absolute atomic E-state index is 0.0409. The monoisotopic (exact) mass is 443 g/mol. The van der Waals surface area contributed by atoms with Crippen LogP contribution in [0.25, 0.3) is 0 Å². The number of aryl methyl sites for hydroxylation is 1. The van der Waals surface area contributed by atoms with Crippen molar-refractivity contribution in [1.29, 1.82) is 10.5 Å². The number of aromatic nitrogens is 1. The number of pyridine rings is 1. The van der Waals surface area contributed by atoms with E-state index in [0.29, 0.717) is 11.4 Å². The lowest BCUT2D eigenvalue weighted by molar-refractivity contribution is 0.185. The summed E-state index contributed by atoms with van der Waals surface area (Å²) >= 11 is 0. The highest BCUT2D eigenvalue weighted by atomic mass is 15.2. The van der Waals surface area contributed by atoms with Crippen LogP contribution in [0.5, 0.6) is 0 Å². The molecular formula is C24H29N9. The lowest BCUT2D eigenvalue weighted by atomic mass is 9.88. The van der Waals surface area contributed by atoms with Crippen molar-refractivity contribution in [2.45, 2.75) is 46.2 Å². The summed E-state index contributed by atoms with van der Waals surface area (Å²) in [5.74, 6) is 1.48. The number of benzene rings is 1. The molecule has 1 atom stereocenters. The number of nitrogens with two attached hydrogens (primary N) is 2. The van der Waals surface area contributed by atoms with Gasteiger partial charge in [-0.15, -0.1) is 0 Å². The molecule has 2 aliphatic rings. The first-order valence-electron chi connectivity index (χ1n) is 11.1. The van der Waals surface area contributed by atoms with Gasteiger partial charge in [0.05, 0.1) is 5.69 Å². The Balaban J connectivity index is 1.82. The number of nitrogens with one attached hydrogen (secondary N) is 2. The summed E-state index contributed by atoms with van der Waals surface area (Å²) in [6.45, 7) is 9.53. The Kier molecular flexibility index (Phi) is 6.08. The molecule has 1 aromatic carbocycles. The van der Waals surface area contributed by atoms with E-state index in [1.807, 2.05) is 6.19 Å². The lowest BCUT2D eigenvalue weighted by Gasteiger charge is -2.32. The molecule has 2 aromatic rings. The van der Waals surface area contributed by atoms with Crippen LogP contribution in [0.3, 0.4) is 0 Å². The first kappa shape index (κ1) is 22.4. The van der Waals surface area contributed by atoms with Gasteiger partial charge in [-0.1, -0.05) is 24.6 Å². The van der Waals surface area contributed by atoms with Gasteiger partial charge in [0.25, 0.3) is 0 Å². The second kappa shape index (κ2) is 8.97. The minimum atomic E-state index is -0.530. The molecule has 170 valence electrons. The van der Waals surface area contributed by atoms with Crippen LogP contribution < -0.4 is 22.1 Å². The molecule has 0 amide bonds. The molecule has 0 bridgehead atoms. The number of rotatable bonds is 3. The lowest BCUT2D eigenvalue weighted by Crippen LogP contribution is -2.33. The molecule has 0 aliphatic carbocycles. The van der Waals surface area contributed by atoms with Crippen LogP contribution in [0.4, 0.5) is 17.3 Å². The molecule has 3 heterocycles. The molecule has 1 fully saturated rings. The fourth-order valence-corrected chi connectivity index (χ4v) is 4.68. The number of hydrogen-bond acceptors (Lipinski definition) is 9. The van der Waals surface area contributed by atoms with Gasteiger partial charge in [0.15, 0.2) is 6.19 Å². The smallest absolute Gasteiger partial charge is 0.211 e. The molecule has 0 spiro atoms. The van der Waals surface area contributed by atoms with E-state index in [1.165, 1.54) is 18.4 Å². The van der Waals surface area contributed by atoms with Gasteiger partial charge in [0, 0.05) is 12.1 Å². The van der Waals surface area contributed by atoms with E-state index in [1.54, 1.807) is 0 Å². The van der Waals surface area contributed by atoms with Crippen LogP contribution in [0.2, 0.25) is 0 Å². The van der Waals surface area contributed by atoms with E-state index in [2.05, 4.69) is 59.5 Å². The Labute approximate surface area is 194 Å². The van der Waals surface area contributed by atoms with E-state index < -0.39 is 6.04 Å². The molecule has 1 unspecified atom stereocenters. The number of piperidine rings is 1. The van der Waals surface area contributed by atoms with Crippen molar-refractivity contribution in [3.63, 3.8) is 0 Å². The number of likely N-dealkylation sites (tertiary alicyclic amines) is 1. The van der Waals surface area contributed by atoms with Crippen molar-refractivity contribution < 1.29 is 0 Å². The summed E-state index contributed by atoms with van der Waals surface area (Å²) < 4.78 is 0. The van der Waals surface area contributed by atoms with Gasteiger partial charge in [-0.2, -0.15) is 10.5 Å². The standard InChI is InChI=1S/C24H29N9/c1-13-4-6-33(7-5-13)11-16-8-14(2)9-17(15(16)3)21-19-20(27)18(10-25)22(28)31-23(19)32-24(30-21)29-12-26/h8-9,13,21H,4-7,11H2,1-3H3,(H6,27,28,29,30,31,32). The second-order valence-corrected chi connectivity index (χ2v) is 9.00. The summed E-state index contributed by atoms with van der Waals surface area (Å²) in [6, 6.07) is 5.84. The maximum Gasteiger partial charge on any atom is 0.211 e. The van der Waals surface area contributed by atoms with Crippen molar-refractivity contribution in [2.24, 2.45) is 10.9 Å². The Morgan fingerprint density at radius 1 is 1.21 bits per heavy atom. The van der Waals surface area contributed by atoms with Gasteiger partial charge in [0.2, 0.25) is 5.96 Å². The molecule has 9 heteroatoms. The number of hydrogen-bond donors (Lipinski definition) is 4. The molecule has 33 heavy (non-hydrogen) atoms. The quantitative estimate of drug-likeness (QED) is 0.417. The van der Waals surface area contributed by atoms with Crippen molar-refractivity contribution >= 4 is 23.3 Å². The van der Waals surface area contributed by atoms with E-state index in [0.717, 1.165) is 42.2 Å². The largest absolute Gasteiger partial charge is 0.397 e. The molecule has 2 aliphatic heterocycles. The third-order valence-electron chi connectivity index (χ3n) is 6.62. The van der Waals surface area contributed by atoms with Gasteiger partial charge in [-0.3, -0.25) is 10.2 Å². The molecule has 1 saturated heterocycles. The summed E-state index contributed by atoms with van der Waals surface area (Å²) in [6.07, 6.45) is 4.33. The Bertz CT molecular complexity index is 1190. The predicted octanol–water partition coefficient (Wildman–Crippen LogP) is 2.91. The van der Waals surface area contributed by atoms with Crippen LogP contribution in [0, 0.1) is 42.6 Å². The Hall–Kier alpha value is -3.82. The van der Waals surface area contributed by atoms with E-state index >= 15 is 0 Å². The SMILES string of the molecule is Cc1cc(CN2CCC(C)CC2)c(C)c(C2N=C(NC#N)Nc3nc(N)c(C#N)c(N)c32)c1. The van der Waals surface area contributed by atoms with Crippen molar-refractivity contribution in [3.8, 4) is 12.3 Å². The molecule has 4 rings (SSSR count). The van der Waals surface area contributed by atoms with E-state index in [4.69, 9.17) is 21.7 Å². The molecular weight excluding hydrogens is 414 g/mol. The van der Waals surface area contributed by atoms with Gasteiger partial charge in [-0.05, 0) is 62.4 Å².